The molecule has 0 saturated heterocycles. The Bertz CT molecular complexity index is 333. The summed E-state index contributed by atoms with van der Waals surface area (Å²) in [6.45, 7) is -0.332. The van der Waals surface area contributed by atoms with Gasteiger partial charge in [0.2, 0.25) is 0 Å². The van der Waals surface area contributed by atoms with Crippen molar-refractivity contribution < 1.29 is 18.3 Å². The van der Waals surface area contributed by atoms with Crippen molar-refractivity contribution in [3.8, 4) is 0 Å². The topological polar surface area (TPSA) is 60.4 Å². The third kappa shape index (κ3) is 2.34. The van der Waals surface area contributed by atoms with Crippen molar-refractivity contribution in [2.45, 2.75) is 11.5 Å². The van der Waals surface area contributed by atoms with Crippen LogP contribution in [0.3, 0.4) is 0 Å². The van der Waals surface area contributed by atoms with E-state index >= 15 is 0 Å². The number of hydrogen-bond donors (Lipinski definition) is 1. The van der Waals surface area contributed by atoms with E-state index in [4.69, 9.17) is 5.11 Å². The van der Waals surface area contributed by atoms with Gasteiger partial charge < -0.3 is 9.66 Å². The van der Waals surface area contributed by atoms with Crippen LogP contribution in [0.5, 0.6) is 0 Å². The van der Waals surface area contributed by atoms with Crippen LogP contribution in [0.25, 0.3) is 0 Å². The summed E-state index contributed by atoms with van der Waals surface area (Å²) in [6, 6.07) is 2.34. The molecule has 0 heterocycles. The SMILES string of the molecule is O=S([O-])c1c(F)cc(CO)cc1Br. The first-order valence-electron chi connectivity index (χ1n) is 3.24. The van der Waals surface area contributed by atoms with Gasteiger partial charge in [-0.15, -0.1) is 0 Å². The summed E-state index contributed by atoms with van der Waals surface area (Å²) in [5.74, 6) is -0.869. The molecular weight excluding hydrogens is 263 g/mol. The molecule has 13 heavy (non-hydrogen) atoms. The number of aliphatic hydroxyl groups is 1. The van der Waals surface area contributed by atoms with E-state index in [1.165, 1.54) is 6.07 Å². The Hall–Kier alpha value is -0.300. The Balaban J connectivity index is 3.31. The molecule has 0 bridgehead atoms. The van der Waals surface area contributed by atoms with Gasteiger partial charge in [-0.3, -0.25) is 4.21 Å². The highest BCUT2D eigenvalue weighted by molar-refractivity contribution is 9.10. The molecule has 1 unspecified atom stereocenters. The van der Waals surface area contributed by atoms with Gasteiger partial charge in [-0.2, -0.15) is 0 Å². The summed E-state index contributed by atoms with van der Waals surface area (Å²) >= 11 is 0.279. The maximum atomic E-state index is 13.0. The van der Waals surface area contributed by atoms with Crippen LogP contribution >= 0.6 is 15.9 Å². The summed E-state index contributed by atoms with van der Waals surface area (Å²) in [6.07, 6.45) is 0. The number of hydrogen-bond acceptors (Lipinski definition) is 3. The molecule has 0 spiro atoms. The molecule has 1 rings (SSSR count). The predicted octanol–water partition coefficient (Wildman–Crippen LogP) is 1.32. The second-order valence-corrected chi connectivity index (χ2v) is 4.01. The molecule has 1 aromatic rings. The Morgan fingerprint density at radius 2 is 2.23 bits per heavy atom. The minimum Gasteiger partial charge on any atom is -0.768 e. The van der Waals surface area contributed by atoms with Gasteiger partial charge in [-0.05, 0) is 44.7 Å². The molecule has 72 valence electrons. The van der Waals surface area contributed by atoms with Gasteiger partial charge in [-0.1, -0.05) is 0 Å². The molecule has 1 N–H and O–H groups in total. The first-order chi connectivity index (χ1) is 6.06. The van der Waals surface area contributed by atoms with Crippen LogP contribution < -0.4 is 0 Å². The molecule has 0 aliphatic carbocycles. The largest absolute Gasteiger partial charge is 0.768 e. The van der Waals surface area contributed by atoms with Crippen LogP contribution in [-0.4, -0.2) is 13.9 Å². The van der Waals surface area contributed by atoms with Crippen molar-refractivity contribution in [3.05, 3.63) is 28.0 Å². The fourth-order valence-corrected chi connectivity index (χ4v) is 2.18. The Labute approximate surface area is 85.0 Å². The van der Waals surface area contributed by atoms with E-state index in [1.54, 1.807) is 0 Å². The molecule has 0 aromatic heterocycles. The zero-order valence-electron chi connectivity index (χ0n) is 6.29. The van der Waals surface area contributed by atoms with Crippen molar-refractivity contribution in [1.29, 1.82) is 0 Å². The van der Waals surface area contributed by atoms with Gasteiger partial charge in [0, 0.05) is 4.47 Å². The van der Waals surface area contributed by atoms with Crippen molar-refractivity contribution in [2.75, 3.05) is 0 Å². The normalized spacial score (nSPS) is 12.9. The van der Waals surface area contributed by atoms with Gasteiger partial charge in [0.25, 0.3) is 0 Å². The Kier molecular flexibility index (Phi) is 3.55. The maximum Gasteiger partial charge on any atom is 0.139 e. The lowest BCUT2D eigenvalue weighted by molar-refractivity contribution is 0.281. The molecule has 1 atom stereocenters. The van der Waals surface area contributed by atoms with Crippen LogP contribution in [0.2, 0.25) is 0 Å². The van der Waals surface area contributed by atoms with Crippen molar-refractivity contribution >= 4 is 27.0 Å². The molecule has 1 aromatic carbocycles. The van der Waals surface area contributed by atoms with Crippen LogP contribution in [0.1, 0.15) is 5.56 Å². The molecular formula is C7H5BrFO3S-. The first kappa shape index (κ1) is 10.8. The predicted molar refractivity (Wildman–Crippen MR) is 47.2 cm³/mol. The van der Waals surface area contributed by atoms with E-state index in [0.717, 1.165) is 6.07 Å². The lowest BCUT2D eigenvalue weighted by Crippen LogP contribution is -1.97. The summed E-state index contributed by atoms with van der Waals surface area (Å²) in [5.41, 5.74) is 0.318. The van der Waals surface area contributed by atoms with E-state index < -0.39 is 21.8 Å². The maximum absolute atomic E-state index is 13.0. The average molecular weight is 268 g/mol. The number of halogens is 2. The van der Waals surface area contributed by atoms with Gasteiger partial charge >= 0.3 is 0 Å². The first-order valence-corrected chi connectivity index (χ1v) is 5.11. The van der Waals surface area contributed by atoms with Crippen LogP contribution in [-0.2, 0) is 17.7 Å². The zero-order chi connectivity index (χ0) is 10.0. The van der Waals surface area contributed by atoms with Crippen molar-refractivity contribution in [3.63, 3.8) is 0 Å². The van der Waals surface area contributed by atoms with E-state index in [2.05, 4.69) is 15.9 Å². The highest BCUT2D eigenvalue weighted by Crippen LogP contribution is 2.24. The molecule has 0 aliphatic heterocycles. The summed E-state index contributed by atoms with van der Waals surface area (Å²) in [5, 5.41) is 8.67. The van der Waals surface area contributed by atoms with Crippen molar-refractivity contribution in [2.24, 2.45) is 0 Å². The van der Waals surface area contributed by atoms with Crippen molar-refractivity contribution in [1.82, 2.24) is 0 Å². The van der Waals surface area contributed by atoms with Crippen LogP contribution in [0.4, 0.5) is 4.39 Å². The summed E-state index contributed by atoms with van der Waals surface area (Å²) in [7, 11) is 0. The van der Waals surface area contributed by atoms with Crippen LogP contribution in [0, 0.1) is 5.82 Å². The molecule has 3 nitrogen and oxygen atoms in total. The average Bonchev–Trinajstić information content (AvgIpc) is 2.02. The van der Waals surface area contributed by atoms with E-state index in [1.807, 2.05) is 0 Å². The van der Waals surface area contributed by atoms with E-state index in [9.17, 15) is 13.2 Å². The molecule has 0 radical (unpaired) electrons. The Morgan fingerprint density at radius 1 is 1.62 bits per heavy atom. The zero-order valence-corrected chi connectivity index (χ0v) is 8.69. The monoisotopic (exact) mass is 267 g/mol. The van der Waals surface area contributed by atoms with Gasteiger partial charge in [-0.25, -0.2) is 4.39 Å². The fourth-order valence-electron chi connectivity index (χ4n) is 0.863. The summed E-state index contributed by atoms with van der Waals surface area (Å²) < 4.78 is 34.1. The highest BCUT2D eigenvalue weighted by atomic mass is 79.9. The minimum atomic E-state index is -2.62. The third-order valence-corrected chi connectivity index (χ3v) is 3.04. The molecule has 0 fully saturated rings. The third-order valence-electron chi connectivity index (χ3n) is 1.41. The second-order valence-electron chi connectivity index (χ2n) is 2.28. The number of rotatable bonds is 2. The lowest BCUT2D eigenvalue weighted by Gasteiger charge is -2.10. The van der Waals surface area contributed by atoms with Crippen LogP contribution in [0.15, 0.2) is 21.5 Å². The number of benzene rings is 1. The fraction of sp³-hybridized carbons (Fsp3) is 0.143. The quantitative estimate of drug-likeness (QED) is 0.823. The molecule has 0 aliphatic rings. The van der Waals surface area contributed by atoms with Gasteiger partial charge in [0.1, 0.15) is 5.82 Å². The minimum absolute atomic E-state index is 0.116. The molecule has 0 amide bonds. The van der Waals surface area contributed by atoms with E-state index in [-0.39, 0.29) is 11.1 Å². The smallest absolute Gasteiger partial charge is 0.139 e. The van der Waals surface area contributed by atoms with E-state index in [0.29, 0.717) is 5.56 Å². The standard InChI is InChI=1S/C7H6BrFO3S/c8-5-1-4(3-10)2-6(9)7(5)13(11)12/h1-2,10H,3H2,(H,11,12)/p-1. The lowest BCUT2D eigenvalue weighted by atomic mass is 10.2. The van der Waals surface area contributed by atoms with Gasteiger partial charge in [0.15, 0.2) is 0 Å². The Morgan fingerprint density at radius 3 is 2.62 bits per heavy atom. The molecule has 6 heteroatoms. The summed E-state index contributed by atoms with van der Waals surface area (Å²) in [4.78, 5) is -0.419. The van der Waals surface area contributed by atoms with Gasteiger partial charge in [0.05, 0.1) is 11.5 Å². The second kappa shape index (κ2) is 4.28. The number of aliphatic hydroxyl groups excluding tert-OH is 1. The highest BCUT2D eigenvalue weighted by Gasteiger charge is 2.09. The molecule has 0 saturated carbocycles.